The average molecular weight is 339 g/mol. The summed E-state index contributed by atoms with van der Waals surface area (Å²) >= 11 is 0. The van der Waals surface area contributed by atoms with Gasteiger partial charge in [-0.3, -0.25) is 4.79 Å². The fourth-order valence-corrected chi connectivity index (χ4v) is 3.65. The standard InChI is InChI=1S/C21H25NO3/c1-14-7-5-12-19(15(14)2)22-20(23)13-25-21(24)18-11-6-9-16-8-3-4-10-17(16)18/h3-4,6,8-11,14-15,19H,5,7,12-13H2,1-2H3,(H,22,23)/t14-,15-,19-/m1/s1. The van der Waals surface area contributed by atoms with E-state index in [4.69, 9.17) is 4.74 Å². The first-order valence-electron chi connectivity index (χ1n) is 9.00. The Morgan fingerprint density at radius 1 is 1.08 bits per heavy atom. The number of ether oxygens (including phenoxy) is 1. The number of rotatable bonds is 4. The van der Waals surface area contributed by atoms with Gasteiger partial charge in [-0.25, -0.2) is 4.79 Å². The summed E-state index contributed by atoms with van der Waals surface area (Å²) in [6, 6.07) is 13.3. The van der Waals surface area contributed by atoms with Crippen LogP contribution < -0.4 is 5.32 Å². The lowest BCUT2D eigenvalue weighted by atomic mass is 9.78. The maximum absolute atomic E-state index is 12.4. The highest BCUT2D eigenvalue weighted by Gasteiger charge is 2.28. The molecule has 2 aromatic carbocycles. The lowest BCUT2D eigenvalue weighted by molar-refractivity contribution is -0.125. The van der Waals surface area contributed by atoms with Crippen LogP contribution in [0.2, 0.25) is 0 Å². The Morgan fingerprint density at radius 3 is 2.68 bits per heavy atom. The Labute approximate surface area is 148 Å². The summed E-state index contributed by atoms with van der Waals surface area (Å²) in [5, 5.41) is 4.84. The first-order chi connectivity index (χ1) is 12.1. The largest absolute Gasteiger partial charge is 0.452 e. The van der Waals surface area contributed by atoms with E-state index in [0.717, 1.165) is 23.6 Å². The topological polar surface area (TPSA) is 55.4 Å². The zero-order valence-electron chi connectivity index (χ0n) is 14.8. The first-order valence-corrected chi connectivity index (χ1v) is 9.00. The highest BCUT2D eigenvalue weighted by Crippen LogP contribution is 2.29. The van der Waals surface area contributed by atoms with Gasteiger partial charge in [0.1, 0.15) is 0 Å². The molecule has 0 aliphatic heterocycles. The quantitative estimate of drug-likeness (QED) is 0.859. The van der Waals surface area contributed by atoms with Gasteiger partial charge in [0.15, 0.2) is 6.61 Å². The van der Waals surface area contributed by atoms with Crippen LogP contribution in [-0.4, -0.2) is 24.5 Å². The molecule has 0 heterocycles. The number of benzene rings is 2. The van der Waals surface area contributed by atoms with E-state index in [9.17, 15) is 9.59 Å². The molecule has 0 spiro atoms. The molecule has 132 valence electrons. The molecule has 0 radical (unpaired) electrons. The highest BCUT2D eigenvalue weighted by atomic mass is 16.5. The second kappa shape index (κ2) is 7.68. The van der Waals surface area contributed by atoms with Gasteiger partial charge in [0.25, 0.3) is 5.91 Å². The Balaban J connectivity index is 1.59. The molecular weight excluding hydrogens is 314 g/mol. The third kappa shape index (κ3) is 4.01. The van der Waals surface area contributed by atoms with Gasteiger partial charge in [-0.2, -0.15) is 0 Å². The minimum absolute atomic E-state index is 0.174. The lowest BCUT2D eigenvalue weighted by Gasteiger charge is -2.34. The summed E-state index contributed by atoms with van der Waals surface area (Å²) in [7, 11) is 0. The maximum Gasteiger partial charge on any atom is 0.339 e. The highest BCUT2D eigenvalue weighted by molar-refractivity contribution is 6.04. The number of fused-ring (bicyclic) bond motifs is 1. The third-order valence-corrected chi connectivity index (χ3v) is 5.40. The molecule has 1 amide bonds. The number of carbonyl (C=O) groups is 2. The Hall–Kier alpha value is -2.36. The summed E-state index contributed by atoms with van der Waals surface area (Å²) in [6.45, 7) is 4.17. The Morgan fingerprint density at radius 2 is 1.84 bits per heavy atom. The van der Waals surface area contributed by atoms with Gasteiger partial charge in [-0.05, 0) is 35.1 Å². The van der Waals surface area contributed by atoms with Crippen LogP contribution in [0.5, 0.6) is 0 Å². The normalized spacial score (nSPS) is 23.2. The second-order valence-electron chi connectivity index (χ2n) is 7.04. The predicted octanol–water partition coefficient (Wildman–Crippen LogP) is 3.94. The molecule has 0 aromatic heterocycles. The van der Waals surface area contributed by atoms with E-state index in [2.05, 4.69) is 19.2 Å². The molecule has 0 bridgehead atoms. The van der Waals surface area contributed by atoms with E-state index in [0.29, 0.717) is 17.4 Å². The van der Waals surface area contributed by atoms with E-state index in [1.54, 1.807) is 6.07 Å². The van der Waals surface area contributed by atoms with Crippen LogP contribution in [0.15, 0.2) is 42.5 Å². The van der Waals surface area contributed by atoms with Crippen LogP contribution in [0, 0.1) is 11.8 Å². The van der Waals surface area contributed by atoms with Crippen molar-refractivity contribution in [1.82, 2.24) is 5.32 Å². The van der Waals surface area contributed by atoms with Crippen molar-refractivity contribution < 1.29 is 14.3 Å². The van der Waals surface area contributed by atoms with Gasteiger partial charge >= 0.3 is 5.97 Å². The van der Waals surface area contributed by atoms with Crippen LogP contribution in [0.4, 0.5) is 0 Å². The van der Waals surface area contributed by atoms with Gasteiger partial charge < -0.3 is 10.1 Å². The molecule has 25 heavy (non-hydrogen) atoms. The first kappa shape index (κ1) is 17.5. The molecule has 2 aromatic rings. The molecule has 1 aliphatic carbocycles. The smallest absolute Gasteiger partial charge is 0.339 e. The second-order valence-corrected chi connectivity index (χ2v) is 7.04. The van der Waals surface area contributed by atoms with Crippen molar-refractivity contribution in [2.24, 2.45) is 11.8 Å². The number of carbonyl (C=O) groups excluding carboxylic acids is 2. The van der Waals surface area contributed by atoms with E-state index in [1.165, 1.54) is 6.42 Å². The van der Waals surface area contributed by atoms with Crippen LogP contribution in [0.3, 0.4) is 0 Å². The fourth-order valence-electron chi connectivity index (χ4n) is 3.65. The minimum Gasteiger partial charge on any atom is -0.452 e. The number of hydrogen-bond acceptors (Lipinski definition) is 3. The van der Waals surface area contributed by atoms with Gasteiger partial charge in [-0.1, -0.05) is 63.1 Å². The summed E-state index contributed by atoms with van der Waals surface area (Å²) in [5.74, 6) is 0.375. The zero-order valence-corrected chi connectivity index (χ0v) is 14.8. The summed E-state index contributed by atoms with van der Waals surface area (Å²) in [6.07, 6.45) is 3.34. The van der Waals surface area contributed by atoms with E-state index >= 15 is 0 Å². The molecule has 4 heteroatoms. The van der Waals surface area contributed by atoms with Crippen molar-refractivity contribution in [2.45, 2.75) is 39.2 Å². The molecule has 1 N–H and O–H groups in total. The SMILES string of the molecule is C[C@@H]1[C@H](C)CCC[C@H]1NC(=O)COC(=O)c1cccc2ccccc12. The van der Waals surface area contributed by atoms with E-state index in [1.807, 2.05) is 36.4 Å². The van der Waals surface area contributed by atoms with Crippen LogP contribution in [0.1, 0.15) is 43.5 Å². The number of amides is 1. The lowest BCUT2D eigenvalue weighted by Crippen LogP contribution is -2.45. The molecule has 3 atom stereocenters. The molecule has 1 aliphatic rings. The van der Waals surface area contributed by atoms with Gasteiger partial charge in [-0.15, -0.1) is 0 Å². The molecule has 1 saturated carbocycles. The molecule has 3 rings (SSSR count). The van der Waals surface area contributed by atoms with E-state index in [-0.39, 0.29) is 18.6 Å². The number of esters is 1. The molecule has 0 saturated heterocycles. The number of hydrogen-bond donors (Lipinski definition) is 1. The van der Waals surface area contributed by atoms with Crippen molar-refractivity contribution in [3.8, 4) is 0 Å². The zero-order chi connectivity index (χ0) is 17.8. The van der Waals surface area contributed by atoms with Gasteiger partial charge in [0.2, 0.25) is 0 Å². The molecular formula is C21H25NO3. The van der Waals surface area contributed by atoms with E-state index < -0.39 is 5.97 Å². The van der Waals surface area contributed by atoms with Crippen LogP contribution >= 0.6 is 0 Å². The van der Waals surface area contributed by atoms with Crippen molar-refractivity contribution in [3.05, 3.63) is 48.0 Å². The van der Waals surface area contributed by atoms with Crippen molar-refractivity contribution in [3.63, 3.8) is 0 Å². The van der Waals surface area contributed by atoms with Crippen molar-refractivity contribution in [1.29, 1.82) is 0 Å². The maximum atomic E-state index is 12.4. The number of nitrogens with one attached hydrogen (secondary N) is 1. The third-order valence-electron chi connectivity index (χ3n) is 5.40. The summed E-state index contributed by atoms with van der Waals surface area (Å²) in [4.78, 5) is 24.5. The van der Waals surface area contributed by atoms with Crippen LogP contribution in [-0.2, 0) is 9.53 Å². The molecule has 1 fully saturated rings. The Kier molecular flexibility index (Phi) is 5.37. The average Bonchev–Trinajstić information content (AvgIpc) is 2.63. The summed E-state index contributed by atoms with van der Waals surface area (Å²) < 4.78 is 5.25. The van der Waals surface area contributed by atoms with Crippen LogP contribution in [0.25, 0.3) is 10.8 Å². The predicted molar refractivity (Wildman–Crippen MR) is 98.3 cm³/mol. The van der Waals surface area contributed by atoms with Gasteiger partial charge in [0, 0.05) is 6.04 Å². The molecule has 4 nitrogen and oxygen atoms in total. The summed E-state index contributed by atoms with van der Waals surface area (Å²) in [5.41, 5.74) is 0.491. The van der Waals surface area contributed by atoms with Gasteiger partial charge in [0.05, 0.1) is 5.56 Å². The minimum atomic E-state index is -0.461. The molecule has 0 unspecified atom stereocenters. The fraction of sp³-hybridized carbons (Fsp3) is 0.429. The Bertz CT molecular complexity index is 765. The monoisotopic (exact) mass is 339 g/mol. The van der Waals surface area contributed by atoms with Crippen molar-refractivity contribution >= 4 is 22.6 Å². The van der Waals surface area contributed by atoms with Crippen molar-refractivity contribution in [2.75, 3.05) is 6.61 Å².